The van der Waals surface area contributed by atoms with Crippen LogP contribution in [-0.2, 0) is 14.3 Å². The van der Waals surface area contributed by atoms with Crippen molar-refractivity contribution in [2.24, 2.45) is 5.92 Å². The summed E-state index contributed by atoms with van der Waals surface area (Å²) in [6, 6.07) is 0.0169. The van der Waals surface area contributed by atoms with Gasteiger partial charge in [-0.05, 0) is 32.1 Å². The first-order valence-corrected chi connectivity index (χ1v) is 6.93. The molecule has 0 unspecified atom stereocenters. The Labute approximate surface area is 113 Å². The number of allylic oxidation sites excluding steroid dienone is 2. The molecule has 19 heavy (non-hydrogen) atoms. The highest BCUT2D eigenvalue weighted by molar-refractivity contribution is 5.83. The molecule has 106 valence electrons. The average molecular weight is 267 g/mol. The summed E-state index contributed by atoms with van der Waals surface area (Å²) < 4.78 is 5.28. The molecule has 1 heterocycles. The van der Waals surface area contributed by atoms with E-state index in [-0.39, 0.29) is 24.4 Å². The number of nitrogens with zero attached hydrogens (tertiary/aromatic N) is 1. The summed E-state index contributed by atoms with van der Waals surface area (Å²) in [6.45, 7) is 1.03. The number of rotatable bonds is 4. The van der Waals surface area contributed by atoms with Gasteiger partial charge in [0.25, 0.3) is 0 Å². The lowest BCUT2D eigenvalue weighted by atomic mass is 9.92. The third kappa shape index (κ3) is 3.80. The van der Waals surface area contributed by atoms with E-state index in [1.165, 1.54) is 0 Å². The maximum atomic E-state index is 12.5. The van der Waals surface area contributed by atoms with Gasteiger partial charge in [0.05, 0.1) is 0 Å². The molecule has 1 saturated heterocycles. The predicted octanol–water partition coefficient (Wildman–Crippen LogP) is 1.43. The van der Waals surface area contributed by atoms with Crippen molar-refractivity contribution < 1.29 is 19.4 Å². The summed E-state index contributed by atoms with van der Waals surface area (Å²) in [5, 5.41) is 9.02. The molecule has 1 fully saturated rings. The number of aliphatic carboxylic acids is 1. The Morgan fingerprint density at radius 2 is 1.95 bits per heavy atom. The SMILES string of the molecule is O=C(O)CN(C(=O)[C@H]1CC=CCC1)C1CCOCC1. The van der Waals surface area contributed by atoms with Crippen LogP contribution in [0.3, 0.4) is 0 Å². The summed E-state index contributed by atoms with van der Waals surface area (Å²) >= 11 is 0. The van der Waals surface area contributed by atoms with Gasteiger partial charge in [0.1, 0.15) is 6.54 Å². The normalized spacial score (nSPS) is 24.1. The van der Waals surface area contributed by atoms with Crippen LogP contribution in [0.5, 0.6) is 0 Å². The molecular weight excluding hydrogens is 246 g/mol. The summed E-state index contributed by atoms with van der Waals surface area (Å²) in [5.74, 6) is -0.989. The maximum Gasteiger partial charge on any atom is 0.323 e. The zero-order valence-corrected chi connectivity index (χ0v) is 11.1. The standard InChI is InChI=1S/C14H21NO4/c16-13(17)10-15(12-6-8-19-9-7-12)14(18)11-4-2-1-3-5-11/h1-2,11-12H,3-10H2,(H,16,17)/t11-/m0/s1. The molecule has 0 aromatic carbocycles. The van der Waals surface area contributed by atoms with E-state index in [1.807, 2.05) is 6.08 Å². The van der Waals surface area contributed by atoms with Crippen LogP contribution in [0.4, 0.5) is 0 Å². The van der Waals surface area contributed by atoms with E-state index in [4.69, 9.17) is 9.84 Å². The molecule has 0 aromatic heterocycles. The van der Waals surface area contributed by atoms with Crippen LogP contribution < -0.4 is 0 Å². The van der Waals surface area contributed by atoms with Crippen molar-refractivity contribution in [1.82, 2.24) is 4.90 Å². The number of ether oxygens (including phenoxy) is 1. The highest BCUT2D eigenvalue weighted by atomic mass is 16.5. The van der Waals surface area contributed by atoms with Crippen molar-refractivity contribution in [2.75, 3.05) is 19.8 Å². The van der Waals surface area contributed by atoms with Gasteiger partial charge in [-0.1, -0.05) is 12.2 Å². The van der Waals surface area contributed by atoms with E-state index in [9.17, 15) is 9.59 Å². The van der Waals surface area contributed by atoms with Crippen LogP contribution in [0.25, 0.3) is 0 Å². The Hall–Kier alpha value is -1.36. The second-order valence-corrected chi connectivity index (χ2v) is 5.18. The molecule has 5 heteroatoms. The van der Waals surface area contributed by atoms with Crippen LogP contribution in [0, 0.1) is 5.92 Å². The smallest absolute Gasteiger partial charge is 0.323 e. The van der Waals surface area contributed by atoms with Gasteiger partial charge in [0.2, 0.25) is 5.91 Å². The Morgan fingerprint density at radius 3 is 2.53 bits per heavy atom. The van der Waals surface area contributed by atoms with Crippen LogP contribution in [0.15, 0.2) is 12.2 Å². The van der Waals surface area contributed by atoms with Crippen LogP contribution in [-0.4, -0.2) is 47.7 Å². The van der Waals surface area contributed by atoms with Crippen molar-refractivity contribution in [3.05, 3.63) is 12.2 Å². The fourth-order valence-electron chi connectivity index (χ4n) is 2.78. The summed E-state index contributed by atoms with van der Waals surface area (Å²) in [4.78, 5) is 25.1. The summed E-state index contributed by atoms with van der Waals surface area (Å²) in [5.41, 5.74) is 0. The number of hydrogen-bond acceptors (Lipinski definition) is 3. The largest absolute Gasteiger partial charge is 0.480 e. The topological polar surface area (TPSA) is 66.8 Å². The van der Waals surface area contributed by atoms with Crippen LogP contribution in [0.1, 0.15) is 32.1 Å². The zero-order chi connectivity index (χ0) is 13.7. The molecule has 0 bridgehead atoms. The van der Waals surface area contributed by atoms with Gasteiger partial charge in [-0.25, -0.2) is 0 Å². The van der Waals surface area contributed by atoms with Gasteiger partial charge in [-0.2, -0.15) is 0 Å². The summed E-state index contributed by atoms with van der Waals surface area (Å²) in [6.07, 6.45) is 8.05. The molecule has 1 aliphatic heterocycles. The minimum Gasteiger partial charge on any atom is -0.480 e. The van der Waals surface area contributed by atoms with Crippen molar-refractivity contribution in [2.45, 2.75) is 38.1 Å². The average Bonchev–Trinajstić information content (AvgIpc) is 2.46. The fourth-order valence-corrected chi connectivity index (χ4v) is 2.78. The number of hydrogen-bond donors (Lipinski definition) is 1. The molecule has 1 atom stereocenters. The summed E-state index contributed by atoms with van der Waals surface area (Å²) in [7, 11) is 0. The van der Waals surface area contributed by atoms with Crippen molar-refractivity contribution >= 4 is 11.9 Å². The van der Waals surface area contributed by atoms with Gasteiger partial charge in [-0.3, -0.25) is 9.59 Å². The minimum absolute atomic E-state index is 0.00125. The third-order valence-electron chi connectivity index (χ3n) is 3.84. The third-order valence-corrected chi connectivity index (χ3v) is 3.84. The van der Waals surface area contributed by atoms with E-state index >= 15 is 0 Å². The molecule has 1 amide bonds. The molecule has 2 aliphatic rings. The van der Waals surface area contributed by atoms with E-state index < -0.39 is 5.97 Å². The van der Waals surface area contributed by atoms with Gasteiger partial charge in [0, 0.05) is 25.2 Å². The Kier molecular flexibility index (Phi) is 4.96. The second-order valence-electron chi connectivity index (χ2n) is 5.18. The van der Waals surface area contributed by atoms with Gasteiger partial charge >= 0.3 is 5.97 Å². The molecule has 0 aromatic rings. The van der Waals surface area contributed by atoms with Crippen molar-refractivity contribution in [1.29, 1.82) is 0 Å². The monoisotopic (exact) mass is 267 g/mol. The molecular formula is C14H21NO4. The highest BCUT2D eigenvalue weighted by Crippen LogP contribution is 2.24. The molecule has 0 saturated carbocycles. The van der Waals surface area contributed by atoms with Crippen LogP contribution >= 0.6 is 0 Å². The van der Waals surface area contributed by atoms with E-state index in [0.717, 1.165) is 32.1 Å². The molecule has 1 N–H and O–H groups in total. The lowest BCUT2D eigenvalue weighted by Crippen LogP contribution is -2.48. The van der Waals surface area contributed by atoms with E-state index in [2.05, 4.69) is 6.08 Å². The molecule has 2 rings (SSSR count). The maximum absolute atomic E-state index is 12.5. The Morgan fingerprint density at radius 1 is 1.21 bits per heavy atom. The first-order valence-electron chi connectivity index (χ1n) is 6.93. The lowest BCUT2D eigenvalue weighted by Gasteiger charge is -2.35. The second kappa shape index (κ2) is 6.70. The van der Waals surface area contributed by atoms with Crippen molar-refractivity contribution in [3.8, 4) is 0 Å². The molecule has 0 radical (unpaired) electrons. The lowest BCUT2D eigenvalue weighted by molar-refractivity contribution is -0.150. The van der Waals surface area contributed by atoms with Gasteiger partial charge in [0.15, 0.2) is 0 Å². The minimum atomic E-state index is -0.939. The number of carboxylic acid groups (broad SMARTS) is 1. The predicted molar refractivity (Wildman–Crippen MR) is 69.7 cm³/mol. The number of carbonyl (C=O) groups excluding carboxylic acids is 1. The molecule has 5 nitrogen and oxygen atoms in total. The Balaban J connectivity index is 2.04. The number of carbonyl (C=O) groups is 2. The van der Waals surface area contributed by atoms with E-state index in [1.54, 1.807) is 4.90 Å². The van der Waals surface area contributed by atoms with Crippen LogP contribution in [0.2, 0.25) is 0 Å². The Bertz CT molecular complexity index is 360. The highest BCUT2D eigenvalue weighted by Gasteiger charge is 2.31. The van der Waals surface area contributed by atoms with Crippen molar-refractivity contribution in [3.63, 3.8) is 0 Å². The zero-order valence-electron chi connectivity index (χ0n) is 11.1. The first-order chi connectivity index (χ1) is 9.18. The quantitative estimate of drug-likeness (QED) is 0.783. The number of carboxylic acids is 1. The van der Waals surface area contributed by atoms with Gasteiger partial charge in [-0.15, -0.1) is 0 Å². The fraction of sp³-hybridized carbons (Fsp3) is 0.714. The molecule has 1 aliphatic carbocycles. The first kappa shape index (κ1) is 14.1. The van der Waals surface area contributed by atoms with Gasteiger partial charge < -0.3 is 14.7 Å². The van der Waals surface area contributed by atoms with E-state index in [0.29, 0.717) is 13.2 Å². The molecule has 0 spiro atoms. The number of amides is 1.